The van der Waals surface area contributed by atoms with Crippen LogP contribution in [0.3, 0.4) is 0 Å². The van der Waals surface area contributed by atoms with Gasteiger partial charge in [-0.1, -0.05) is 23.2 Å². The normalized spacial score (nSPS) is 11.8. The van der Waals surface area contributed by atoms with Gasteiger partial charge in [-0.2, -0.15) is 8.97 Å². The Morgan fingerprint density at radius 3 is 2.69 bits per heavy atom. The van der Waals surface area contributed by atoms with Crippen LogP contribution in [0.25, 0.3) is 16.8 Å². The predicted molar refractivity (Wildman–Crippen MR) is 117 cm³/mol. The summed E-state index contributed by atoms with van der Waals surface area (Å²) in [6, 6.07) is 6.48. The third-order valence-corrected chi connectivity index (χ3v) is 6.26. The summed E-state index contributed by atoms with van der Waals surface area (Å²) in [4.78, 5) is 17.9. The van der Waals surface area contributed by atoms with Crippen molar-refractivity contribution in [3.63, 3.8) is 0 Å². The first-order valence-corrected chi connectivity index (χ1v) is 11.0. The summed E-state index contributed by atoms with van der Waals surface area (Å²) in [5.74, 6) is -1.11. The van der Waals surface area contributed by atoms with Crippen molar-refractivity contribution in [2.45, 2.75) is 12.9 Å². The van der Waals surface area contributed by atoms with Gasteiger partial charge in [0.05, 0.1) is 11.1 Å². The van der Waals surface area contributed by atoms with Gasteiger partial charge in [0, 0.05) is 16.8 Å². The van der Waals surface area contributed by atoms with E-state index in [1.54, 1.807) is 12.1 Å². The smallest absolute Gasteiger partial charge is 0.477 e. The average molecular weight is 568 g/mol. The molecular formula is C19H10BrCl2F3N3O3S+. The molecule has 3 heterocycles. The van der Waals surface area contributed by atoms with E-state index >= 15 is 0 Å². The first-order chi connectivity index (χ1) is 15.0. The monoisotopic (exact) mass is 566 g/mol. The number of rotatable bonds is 4. The number of ether oxygens (including phenoxy) is 1. The van der Waals surface area contributed by atoms with Gasteiger partial charge in [-0.05, 0) is 46.3 Å². The maximum atomic E-state index is 13.3. The molecule has 0 aliphatic heterocycles. The standard InChI is InChI=1S/C19H9BrCl2F3N3O3S/c20-13-2-1-3-27-15(13)28(8-12-7-26-18(22)32-12)17(30)14(16(27)29)9-4-10(21)6-11(5-9)31-19(23,24)25/h1-7H,8H2/p+1. The molecule has 0 amide bonds. The van der Waals surface area contributed by atoms with E-state index < -0.39 is 23.6 Å². The molecule has 0 saturated heterocycles. The van der Waals surface area contributed by atoms with E-state index in [0.717, 1.165) is 12.1 Å². The molecule has 1 N–H and O–H groups in total. The Bertz CT molecular complexity index is 1410. The zero-order valence-electron chi connectivity index (χ0n) is 15.5. The first kappa shape index (κ1) is 22.8. The highest BCUT2D eigenvalue weighted by Gasteiger charge is 2.32. The summed E-state index contributed by atoms with van der Waals surface area (Å²) in [6.07, 6.45) is -1.97. The number of alkyl halides is 3. The zero-order chi connectivity index (χ0) is 23.2. The third-order valence-electron chi connectivity index (χ3n) is 4.32. The Labute approximate surface area is 200 Å². The van der Waals surface area contributed by atoms with Crippen LogP contribution in [0.5, 0.6) is 11.6 Å². The molecule has 0 spiro atoms. The highest BCUT2D eigenvalue weighted by Crippen LogP contribution is 2.35. The van der Waals surface area contributed by atoms with Crippen molar-refractivity contribution in [3.05, 3.63) is 71.9 Å². The molecule has 0 fully saturated rings. The van der Waals surface area contributed by atoms with Crippen LogP contribution in [0.2, 0.25) is 9.49 Å². The third kappa shape index (κ3) is 4.56. The van der Waals surface area contributed by atoms with Gasteiger partial charge in [0.25, 0.3) is 5.88 Å². The van der Waals surface area contributed by atoms with Crippen molar-refractivity contribution < 1.29 is 27.4 Å². The largest absolute Gasteiger partial charge is 0.573 e. The number of benzene rings is 1. The van der Waals surface area contributed by atoms with Crippen molar-refractivity contribution in [1.29, 1.82) is 0 Å². The number of hydrogen-bond donors (Lipinski definition) is 1. The second kappa shape index (κ2) is 8.54. The number of thiazole rings is 1. The summed E-state index contributed by atoms with van der Waals surface area (Å²) in [5.41, 5.74) is -0.662. The molecular weight excluding hydrogens is 558 g/mol. The van der Waals surface area contributed by atoms with Gasteiger partial charge in [-0.15, -0.1) is 24.5 Å². The number of aromatic nitrogens is 3. The van der Waals surface area contributed by atoms with Crippen molar-refractivity contribution >= 4 is 56.1 Å². The topological polar surface area (TPSA) is 68.4 Å². The Balaban J connectivity index is 2.00. The van der Waals surface area contributed by atoms with Gasteiger partial charge in [-0.3, -0.25) is 0 Å². The number of nitrogens with zero attached hydrogens (tertiary/aromatic N) is 3. The number of hydrogen-bond acceptors (Lipinski definition) is 5. The molecule has 0 aliphatic carbocycles. The van der Waals surface area contributed by atoms with Gasteiger partial charge in [-0.25, -0.2) is 9.78 Å². The SMILES string of the molecule is O=c1c(-c2cc(Cl)cc(OC(F)(F)F)c2)c(O)n(Cc2cnc(Cl)s2)c2c(Br)ccc[n+]12. The van der Waals surface area contributed by atoms with Crippen LogP contribution < -0.4 is 14.7 Å². The van der Waals surface area contributed by atoms with E-state index in [0.29, 0.717) is 19.5 Å². The van der Waals surface area contributed by atoms with Gasteiger partial charge < -0.3 is 9.84 Å². The van der Waals surface area contributed by atoms with Crippen LogP contribution in [-0.2, 0) is 6.54 Å². The molecule has 0 unspecified atom stereocenters. The van der Waals surface area contributed by atoms with Gasteiger partial charge in [0.15, 0.2) is 10.0 Å². The minimum absolute atomic E-state index is 0.0512. The van der Waals surface area contributed by atoms with Crippen molar-refractivity contribution in [2.24, 2.45) is 0 Å². The molecule has 0 saturated carbocycles. The lowest BCUT2D eigenvalue weighted by molar-refractivity contribution is -0.532. The number of aromatic hydroxyl groups is 1. The second-order valence-electron chi connectivity index (χ2n) is 6.44. The fourth-order valence-corrected chi connectivity index (χ4v) is 4.91. The molecule has 0 bridgehead atoms. The molecule has 1 aromatic carbocycles. The molecule has 13 heteroatoms. The average Bonchev–Trinajstić information content (AvgIpc) is 3.08. The molecule has 4 rings (SSSR count). The highest BCUT2D eigenvalue weighted by atomic mass is 79.9. The van der Waals surface area contributed by atoms with E-state index in [4.69, 9.17) is 23.2 Å². The molecule has 3 aromatic heterocycles. The molecule has 0 aliphatic rings. The van der Waals surface area contributed by atoms with Crippen LogP contribution in [0, 0.1) is 0 Å². The fraction of sp³-hybridized carbons (Fsp3) is 0.105. The molecule has 0 radical (unpaired) electrons. The Hall–Kier alpha value is -2.34. The van der Waals surface area contributed by atoms with Crippen LogP contribution in [0.4, 0.5) is 13.2 Å². The van der Waals surface area contributed by atoms with Gasteiger partial charge in [0.2, 0.25) is 0 Å². The maximum Gasteiger partial charge on any atom is 0.573 e. The lowest BCUT2D eigenvalue weighted by Crippen LogP contribution is -2.44. The van der Waals surface area contributed by atoms with E-state index in [9.17, 15) is 23.1 Å². The lowest BCUT2D eigenvalue weighted by Gasteiger charge is -2.13. The van der Waals surface area contributed by atoms with E-state index in [1.165, 1.54) is 38.8 Å². The minimum atomic E-state index is -4.96. The lowest BCUT2D eigenvalue weighted by atomic mass is 10.1. The maximum absolute atomic E-state index is 13.3. The highest BCUT2D eigenvalue weighted by molar-refractivity contribution is 9.10. The second-order valence-corrected chi connectivity index (χ2v) is 9.43. The summed E-state index contributed by atoms with van der Waals surface area (Å²) in [5, 5.41) is 11.0. The van der Waals surface area contributed by atoms with Crippen LogP contribution in [0.1, 0.15) is 4.88 Å². The van der Waals surface area contributed by atoms with E-state index in [-0.39, 0.29) is 22.7 Å². The number of pyridine rings is 1. The van der Waals surface area contributed by atoms with E-state index in [2.05, 4.69) is 25.7 Å². The molecule has 32 heavy (non-hydrogen) atoms. The number of fused-ring (bicyclic) bond motifs is 1. The fourth-order valence-electron chi connectivity index (χ4n) is 3.16. The molecule has 4 aromatic rings. The van der Waals surface area contributed by atoms with Crippen LogP contribution in [0.15, 0.2) is 52.0 Å². The zero-order valence-corrected chi connectivity index (χ0v) is 19.4. The van der Waals surface area contributed by atoms with E-state index in [1.807, 2.05) is 0 Å². The van der Waals surface area contributed by atoms with Crippen LogP contribution >= 0.6 is 50.5 Å². The Kier molecular flexibility index (Phi) is 6.10. The Morgan fingerprint density at radius 2 is 2.03 bits per heavy atom. The molecule has 6 nitrogen and oxygen atoms in total. The van der Waals surface area contributed by atoms with Gasteiger partial charge >= 0.3 is 17.6 Å². The summed E-state index contributed by atoms with van der Waals surface area (Å²) >= 11 is 16.4. The Morgan fingerprint density at radius 1 is 1.28 bits per heavy atom. The van der Waals surface area contributed by atoms with Crippen molar-refractivity contribution in [2.75, 3.05) is 0 Å². The minimum Gasteiger partial charge on any atom is -0.477 e. The quantitative estimate of drug-likeness (QED) is 0.334. The van der Waals surface area contributed by atoms with Gasteiger partial charge in [0.1, 0.15) is 16.8 Å². The molecule has 0 atom stereocenters. The summed E-state index contributed by atoms with van der Waals surface area (Å²) in [7, 11) is 0. The van der Waals surface area contributed by atoms with Crippen molar-refractivity contribution in [3.8, 4) is 22.8 Å². The number of halogens is 6. The van der Waals surface area contributed by atoms with Crippen molar-refractivity contribution in [1.82, 2.24) is 9.55 Å². The van der Waals surface area contributed by atoms with Crippen LogP contribution in [-0.4, -0.2) is 21.0 Å². The first-order valence-electron chi connectivity index (χ1n) is 8.66. The predicted octanol–water partition coefficient (Wildman–Crippen LogP) is 5.43. The summed E-state index contributed by atoms with van der Waals surface area (Å²) < 4.78 is 45.6. The summed E-state index contributed by atoms with van der Waals surface area (Å²) in [6.45, 7) is 0.0854. The molecule has 166 valence electrons.